The predicted octanol–water partition coefficient (Wildman–Crippen LogP) is 3.23. The van der Waals surface area contributed by atoms with Crippen LogP contribution in [0.5, 0.6) is 5.75 Å². The van der Waals surface area contributed by atoms with E-state index < -0.39 is 17.1 Å². The molecular formula is C26H22BrN3O6S2. The summed E-state index contributed by atoms with van der Waals surface area (Å²) in [5, 5.41) is -0.134. The maximum absolute atomic E-state index is 13.9. The number of rotatable bonds is 5. The summed E-state index contributed by atoms with van der Waals surface area (Å²) in [6.45, 7) is 1.81. The molecule has 0 saturated carbocycles. The van der Waals surface area contributed by atoms with E-state index >= 15 is 0 Å². The largest absolute Gasteiger partial charge is 0.483 e. The highest BCUT2D eigenvalue weighted by Gasteiger charge is 2.56. The Kier molecular flexibility index (Phi) is 6.89. The number of hydrogen-bond acceptors (Lipinski definition) is 8. The zero-order valence-electron chi connectivity index (χ0n) is 19.9. The summed E-state index contributed by atoms with van der Waals surface area (Å²) in [6, 6.07) is 14.2. The molecule has 2 fully saturated rings. The molecule has 0 radical (unpaired) electrons. The molecule has 1 N–H and O–H groups in total. The number of benzene rings is 2. The number of nitrogens with one attached hydrogen (secondary N) is 1. The van der Waals surface area contributed by atoms with Gasteiger partial charge in [-0.05, 0) is 30.3 Å². The number of thioether (sulfide) groups is 1. The second-order valence-electron chi connectivity index (χ2n) is 9.06. The van der Waals surface area contributed by atoms with Gasteiger partial charge in [0.15, 0.2) is 6.61 Å². The van der Waals surface area contributed by atoms with E-state index in [1.807, 2.05) is 12.1 Å². The van der Waals surface area contributed by atoms with Crippen LogP contribution >= 0.6 is 39.0 Å². The number of amides is 3. The predicted molar refractivity (Wildman–Crippen MR) is 146 cm³/mol. The lowest BCUT2D eigenvalue weighted by molar-refractivity contribution is -0.137. The number of carbonyl (C=O) groups is 3. The van der Waals surface area contributed by atoms with Crippen LogP contribution in [0.1, 0.15) is 16.4 Å². The Morgan fingerprint density at radius 3 is 2.61 bits per heavy atom. The molecule has 38 heavy (non-hydrogen) atoms. The van der Waals surface area contributed by atoms with E-state index in [1.54, 1.807) is 41.3 Å². The van der Waals surface area contributed by atoms with Gasteiger partial charge in [-0.25, -0.2) is 4.90 Å². The summed E-state index contributed by atoms with van der Waals surface area (Å²) in [5.74, 6) is -1.75. The van der Waals surface area contributed by atoms with Crippen molar-refractivity contribution in [2.24, 2.45) is 5.92 Å². The van der Waals surface area contributed by atoms with Crippen LogP contribution in [-0.4, -0.2) is 65.8 Å². The zero-order chi connectivity index (χ0) is 26.4. The number of aromatic amines is 1. The lowest BCUT2D eigenvalue weighted by atomic mass is 9.82. The molecule has 2 unspecified atom stereocenters. The Bertz CT molecular complexity index is 1470. The molecule has 3 aliphatic rings. The number of para-hydroxylation sites is 1. The molecule has 3 aromatic rings. The Hall–Kier alpha value is -2.93. The maximum Gasteiger partial charge on any atom is 0.305 e. The normalized spacial score (nSPS) is 22.8. The number of nitrogens with zero attached hydrogens (tertiary/aromatic N) is 2. The fourth-order valence-electron chi connectivity index (χ4n) is 5.12. The highest BCUT2D eigenvalue weighted by Crippen LogP contribution is 2.54. The van der Waals surface area contributed by atoms with E-state index in [9.17, 15) is 19.2 Å². The molecule has 2 aromatic carbocycles. The zero-order valence-corrected chi connectivity index (χ0v) is 23.1. The number of H-pyrrole nitrogens is 1. The topological polar surface area (TPSA) is 109 Å². The number of morpholine rings is 1. The first-order valence-electron chi connectivity index (χ1n) is 12.0. The van der Waals surface area contributed by atoms with Gasteiger partial charge >= 0.3 is 4.87 Å². The third kappa shape index (κ3) is 4.49. The fourth-order valence-corrected chi connectivity index (χ4v) is 8.01. The Balaban J connectivity index is 1.39. The van der Waals surface area contributed by atoms with E-state index in [1.165, 1.54) is 16.7 Å². The monoisotopic (exact) mass is 615 g/mol. The van der Waals surface area contributed by atoms with E-state index in [0.717, 1.165) is 15.8 Å². The summed E-state index contributed by atoms with van der Waals surface area (Å²) in [6.07, 6.45) is 0. The van der Waals surface area contributed by atoms with Gasteiger partial charge in [-0.1, -0.05) is 57.2 Å². The molecule has 3 aliphatic heterocycles. The summed E-state index contributed by atoms with van der Waals surface area (Å²) >= 11 is 5.77. The van der Waals surface area contributed by atoms with Crippen molar-refractivity contribution in [3.05, 3.63) is 73.1 Å². The van der Waals surface area contributed by atoms with Gasteiger partial charge in [0.25, 0.3) is 5.91 Å². The highest BCUT2D eigenvalue weighted by atomic mass is 79.9. The molecule has 4 heterocycles. The Morgan fingerprint density at radius 1 is 1.08 bits per heavy atom. The minimum Gasteiger partial charge on any atom is -0.483 e. The number of imide groups is 1. The Labute approximate surface area is 234 Å². The van der Waals surface area contributed by atoms with Gasteiger partial charge in [0, 0.05) is 33.9 Å². The van der Waals surface area contributed by atoms with Gasteiger partial charge < -0.3 is 19.4 Å². The number of ether oxygens (including phenoxy) is 2. The molecule has 0 bridgehead atoms. The third-order valence-corrected chi connectivity index (χ3v) is 9.75. The average Bonchev–Trinajstić information content (AvgIpc) is 3.42. The standard InChI is InChI=1S/C26H22BrN3O6S2/c27-14-6-7-17(36-13-18(31)29-8-10-35-11-9-29)16(12-14)19-20-22(37-23-21(19)38-26(34)28-23)25(33)30(24(20)32)15-4-2-1-3-5-15/h1-7,12,19-20,22H,8-11,13H2,(H,28,34)/t19-,20?,22?/m1/s1. The van der Waals surface area contributed by atoms with Crippen molar-refractivity contribution < 1.29 is 23.9 Å². The van der Waals surface area contributed by atoms with Gasteiger partial charge in [-0.15, -0.1) is 0 Å². The van der Waals surface area contributed by atoms with Crippen LogP contribution in [-0.2, 0) is 19.1 Å². The first-order valence-corrected chi connectivity index (χ1v) is 14.5. The fraction of sp³-hybridized carbons (Fsp3) is 0.308. The molecule has 0 spiro atoms. The number of aromatic nitrogens is 1. The smallest absolute Gasteiger partial charge is 0.305 e. The van der Waals surface area contributed by atoms with E-state index in [2.05, 4.69) is 20.9 Å². The van der Waals surface area contributed by atoms with E-state index in [-0.39, 0.29) is 29.2 Å². The first-order chi connectivity index (χ1) is 18.4. The van der Waals surface area contributed by atoms with E-state index in [4.69, 9.17) is 9.47 Å². The van der Waals surface area contributed by atoms with Gasteiger partial charge in [0.1, 0.15) is 11.0 Å². The van der Waals surface area contributed by atoms with Crippen LogP contribution in [0.2, 0.25) is 0 Å². The Morgan fingerprint density at radius 2 is 1.84 bits per heavy atom. The summed E-state index contributed by atoms with van der Waals surface area (Å²) in [5.41, 5.74) is 1.15. The first kappa shape index (κ1) is 25.4. The highest BCUT2D eigenvalue weighted by molar-refractivity contribution is 9.10. The number of fused-ring (bicyclic) bond motifs is 2. The molecule has 3 amide bonds. The van der Waals surface area contributed by atoms with Crippen molar-refractivity contribution in [3.63, 3.8) is 0 Å². The van der Waals surface area contributed by atoms with Crippen molar-refractivity contribution >= 4 is 62.4 Å². The molecule has 3 atom stereocenters. The van der Waals surface area contributed by atoms with Gasteiger partial charge in [-0.3, -0.25) is 19.2 Å². The van der Waals surface area contributed by atoms with Crippen molar-refractivity contribution in [3.8, 4) is 5.75 Å². The van der Waals surface area contributed by atoms with Gasteiger partial charge in [-0.2, -0.15) is 0 Å². The van der Waals surface area contributed by atoms with Gasteiger partial charge in [0.05, 0.1) is 29.8 Å². The molecule has 6 rings (SSSR count). The second kappa shape index (κ2) is 10.3. The molecule has 1 aromatic heterocycles. The summed E-state index contributed by atoms with van der Waals surface area (Å²) in [7, 11) is 0. The summed E-state index contributed by atoms with van der Waals surface area (Å²) in [4.78, 5) is 58.9. The van der Waals surface area contributed by atoms with Gasteiger partial charge in [0.2, 0.25) is 11.8 Å². The molecule has 12 heteroatoms. The molecule has 196 valence electrons. The van der Waals surface area contributed by atoms with E-state index in [0.29, 0.717) is 53.2 Å². The minimum absolute atomic E-state index is 0.159. The number of hydrogen-bond donors (Lipinski definition) is 1. The minimum atomic E-state index is -0.752. The van der Waals surface area contributed by atoms with Crippen LogP contribution in [0.4, 0.5) is 5.69 Å². The number of anilines is 1. The van der Waals surface area contributed by atoms with Crippen LogP contribution < -0.4 is 14.5 Å². The number of halogens is 1. The lowest BCUT2D eigenvalue weighted by Gasteiger charge is -2.31. The number of carbonyl (C=O) groups excluding carboxylic acids is 3. The van der Waals surface area contributed by atoms with Crippen LogP contribution in [0.15, 0.2) is 62.8 Å². The SMILES string of the molecule is O=C(COc1ccc(Br)cc1[C@H]1c2sc(=O)[nH]c2SC2C(=O)N(c3ccccc3)C(=O)C21)N1CCOCC1. The van der Waals surface area contributed by atoms with Crippen LogP contribution in [0.25, 0.3) is 0 Å². The molecular weight excluding hydrogens is 594 g/mol. The molecule has 9 nitrogen and oxygen atoms in total. The molecule has 0 aliphatic carbocycles. The average molecular weight is 617 g/mol. The number of thiazole rings is 1. The lowest BCUT2D eigenvalue weighted by Crippen LogP contribution is -2.43. The van der Waals surface area contributed by atoms with Crippen molar-refractivity contribution in [2.45, 2.75) is 16.2 Å². The quantitative estimate of drug-likeness (QED) is 0.439. The summed E-state index contributed by atoms with van der Waals surface area (Å²) < 4.78 is 12.1. The maximum atomic E-state index is 13.9. The van der Waals surface area contributed by atoms with Crippen LogP contribution in [0.3, 0.4) is 0 Å². The second-order valence-corrected chi connectivity index (χ2v) is 12.1. The molecule has 2 saturated heterocycles. The third-order valence-electron chi connectivity index (χ3n) is 6.86. The van der Waals surface area contributed by atoms with Crippen molar-refractivity contribution in [2.75, 3.05) is 37.8 Å². The van der Waals surface area contributed by atoms with Crippen molar-refractivity contribution in [1.29, 1.82) is 0 Å². The van der Waals surface area contributed by atoms with Crippen LogP contribution in [0, 0.1) is 5.92 Å². The van der Waals surface area contributed by atoms with Crippen molar-refractivity contribution in [1.82, 2.24) is 9.88 Å².